The molecule has 0 aromatic heterocycles. The normalized spacial score (nSPS) is 11.5. The Kier molecular flexibility index (Phi) is 5.74. The Balaban J connectivity index is 0.000000202. The van der Waals surface area contributed by atoms with Gasteiger partial charge in [-0.15, -0.1) is 0 Å². The molecule has 1 aliphatic heterocycles. The number of hydrogen-bond donors (Lipinski definition) is 4. The van der Waals surface area contributed by atoms with Crippen molar-refractivity contribution in [2.75, 3.05) is 0 Å². The minimum absolute atomic E-state index is 0.109. The van der Waals surface area contributed by atoms with Crippen LogP contribution in [0, 0.1) is 0 Å². The molecule has 28 heavy (non-hydrogen) atoms. The van der Waals surface area contributed by atoms with Gasteiger partial charge in [0.25, 0.3) is 0 Å². The van der Waals surface area contributed by atoms with Gasteiger partial charge in [0, 0.05) is 5.56 Å². The molecule has 3 rings (SSSR count). The summed E-state index contributed by atoms with van der Waals surface area (Å²) >= 11 is 0. The Bertz CT molecular complexity index is 1010. The number of hydrogen-bond acceptors (Lipinski definition) is 6. The van der Waals surface area contributed by atoms with Gasteiger partial charge in [0.15, 0.2) is 0 Å². The second kappa shape index (κ2) is 7.99. The Labute approximate surface area is 156 Å². The minimum Gasteiger partial charge on any atom is -0.478 e. The van der Waals surface area contributed by atoms with Gasteiger partial charge in [-0.1, -0.05) is 6.07 Å². The van der Waals surface area contributed by atoms with Crippen LogP contribution in [0.4, 0.5) is 0 Å². The predicted molar refractivity (Wildman–Crippen MR) is 89.8 cm³/mol. The van der Waals surface area contributed by atoms with Gasteiger partial charge in [-0.05, 0) is 30.3 Å². The van der Waals surface area contributed by atoms with Crippen LogP contribution in [0.5, 0.6) is 0 Å². The summed E-state index contributed by atoms with van der Waals surface area (Å²) in [4.78, 5) is 53.3. The second-order valence-electron chi connectivity index (χ2n) is 5.43. The number of aromatic carboxylic acids is 4. The van der Waals surface area contributed by atoms with Gasteiger partial charge in [0.05, 0.1) is 27.8 Å². The average Bonchev–Trinajstić information content (AvgIpc) is 3.02. The lowest BCUT2D eigenvalue weighted by molar-refractivity contribution is 0.0533. The maximum absolute atomic E-state index is 11.0. The number of ether oxygens (including phenoxy) is 1. The van der Waals surface area contributed by atoms with Gasteiger partial charge in [-0.25, -0.2) is 24.0 Å². The van der Waals surface area contributed by atoms with E-state index in [1.165, 1.54) is 12.1 Å². The number of cyclic esters (lactones) is 1. The molecular formula is C18H12O10. The first-order chi connectivity index (χ1) is 13.1. The molecule has 0 amide bonds. The van der Waals surface area contributed by atoms with Crippen LogP contribution < -0.4 is 0 Å². The third-order valence-corrected chi connectivity index (χ3v) is 3.66. The van der Waals surface area contributed by atoms with E-state index in [9.17, 15) is 24.0 Å². The topological polar surface area (TPSA) is 175 Å². The van der Waals surface area contributed by atoms with Gasteiger partial charge < -0.3 is 25.2 Å². The number of carboxylic acid groups (broad SMARTS) is 4. The van der Waals surface area contributed by atoms with E-state index in [4.69, 9.17) is 25.2 Å². The summed E-state index contributed by atoms with van der Waals surface area (Å²) < 4.78 is 4.73. The number of carbonyl (C=O) groups excluding carboxylic acids is 1. The fourth-order valence-electron chi connectivity index (χ4n) is 2.29. The zero-order valence-corrected chi connectivity index (χ0v) is 13.9. The lowest BCUT2D eigenvalue weighted by Crippen LogP contribution is -2.10. The van der Waals surface area contributed by atoms with Crippen LogP contribution in [-0.4, -0.2) is 50.3 Å². The van der Waals surface area contributed by atoms with Crippen LogP contribution in [0.3, 0.4) is 0 Å². The van der Waals surface area contributed by atoms with Gasteiger partial charge in [-0.2, -0.15) is 0 Å². The fraction of sp³-hybridized carbons (Fsp3) is 0.0556. The molecule has 0 unspecified atom stereocenters. The molecule has 10 nitrogen and oxygen atoms in total. The van der Waals surface area contributed by atoms with Crippen LogP contribution >= 0.6 is 0 Å². The highest BCUT2D eigenvalue weighted by atomic mass is 16.5. The molecule has 4 N–H and O–H groups in total. The van der Waals surface area contributed by atoms with E-state index in [2.05, 4.69) is 0 Å². The molecule has 1 aliphatic rings. The molecule has 0 saturated heterocycles. The van der Waals surface area contributed by atoms with Crippen molar-refractivity contribution in [1.82, 2.24) is 0 Å². The summed E-state index contributed by atoms with van der Waals surface area (Å²) in [7, 11) is 0. The first kappa shape index (κ1) is 20.1. The monoisotopic (exact) mass is 388 g/mol. The summed E-state index contributed by atoms with van der Waals surface area (Å²) in [5.74, 6) is -5.69. The number of benzene rings is 2. The molecule has 2 aromatic rings. The number of esters is 1. The highest BCUT2D eigenvalue weighted by Crippen LogP contribution is 2.20. The summed E-state index contributed by atoms with van der Waals surface area (Å²) in [6.45, 7) is 0.244. The van der Waals surface area contributed by atoms with Crippen molar-refractivity contribution in [3.8, 4) is 0 Å². The van der Waals surface area contributed by atoms with Crippen LogP contribution in [0.1, 0.15) is 57.4 Å². The van der Waals surface area contributed by atoms with E-state index in [0.29, 0.717) is 5.56 Å². The molecule has 0 spiro atoms. The molecule has 0 saturated carbocycles. The van der Waals surface area contributed by atoms with Crippen molar-refractivity contribution < 1.29 is 49.1 Å². The van der Waals surface area contributed by atoms with E-state index in [1.807, 2.05) is 0 Å². The minimum atomic E-state index is -1.48. The maximum atomic E-state index is 11.0. The molecule has 0 bridgehead atoms. The number of rotatable bonds is 4. The highest BCUT2D eigenvalue weighted by Gasteiger charge is 2.22. The zero-order valence-electron chi connectivity index (χ0n) is 13.9. The fourth-order valence-corrected chi connectivity index (χ4v) is 2.29. The number of carbonyl (C=O) groups is 5. The summed E-state index contributed by atoms with van der Waals surface area (Å²) in [5.41, 5.74) is -0.0280. The van der Waals surface area contributed by atoms with E-state index >= 15 is 0 Å². The first-order valence-electron chi connectivity index (χ1n) is 7.49. The average molecular weight is 388 g/mol. The molecule has 1 heterocycles. The van der Waals surface area contributed by atoms with Crippen LogP contribution in [0.2, 0.25) is 0 Å². The molecule has 0 radical (unpaired) electrons. The third kappa shape index (κ3) is 4.30. The Morgan fingerprint density at radius 1 is 0.714 bits per heavy atom. The molecular weight excluding hydrogens is 376 g/mol. The van der Waals surface area contributed by atoms with Crippen LogP contribution in [-0.2, 0) is 11.3 Å². The van der Waals surface area contributed by atoms with E-state index < -0.39 is 41.0 Å². The van der Waals surface area contributed by atoms with E-state index in [1.54, 1.807) is 6.07 Å². The zero-order chi connectivity index (χ0) is 21.0. The lowest BCUT2D eigenvalue weighted by atomic mass is 10.0. The Morgan fingerprint density at radius 3 is 1.79 bits per heavy atom. The number of carboxylic acids is 4. The summed E-state index contributed by atoms with van der Waals surface area (Å²) in [5, 5.41) is 34.5. The SMILES string of the molecule is O=C(O)c1ccc(C(=O)O)c(C(=O)O)c1.O=C(O)c1ccc2c(c1)C(=O)OC2. The molecule has 10 heteroatoms. The van der Waals surface area contributed by atoms with Crippen molar-refractivity contribution in [3.05, 3.63) is 69.8 Å². The summed E-state index contributed by atoms with van der Waals surface area (Å²) in [6.07, 6.45) is 0. The lowest BCUT2D eigenvalue weighted by Gasteiger charge is -2.02. The van der Waals surface area contributed by atoms with Gasteiger partial charge in [0.2, 0.25) is 0 Å². The number of fused-ring (bicyclic) bond motifs is 1. The third-order valence-electron chi connectivity index (χ3n) is 3.66. The molecule has 0 fully saturated rings. The van der Waals surface area contributed by atoms with E-state index in [-0.39, 0.29) is 17.7 Å². The van der Waals surface area contributed by atoms with Crippen molar-refractivity contribution in [1.29, 1.82) is 0 Å². The highest BCUT2D eigenvalue weighted by molar-refractivity contribution is 6.03. The molecule has 2 aromatic carbocycles. The molecule has 0 aliphatic carbocycles. The maximum Gasteiger partial charge on any atom is 0.338 e. The standard InChI is InChI=1S/C9H6O6.C9H6O4/c10-7(11)4-1-2-5(8(12)13)6(3-4)9(14)15;10-8(11)5-1-2-6-4-13-9(12)7(6)3-5/h1-3H,(H,10,11)(H,12,13)(H,14,15);1-3H,4H2,(H,10,11). The van der Waals surface area contributed by atoms with Crippen molar-refractivity contribution in [3.63, 3.8) is 0 Å². The summed E-state index contributed by atoms with van der Waals surface area (Å²) in [6, 6.07) is 7.21. The molecule has 144 valence electrons. The van der Waals surface area contributed by atoms with Gasteiger partial charge in [-0.3, -0.25) is 0 Å². The largest absolute Gasteiger partial charge is 0.478 e. The van der Waals surface area contributed by atoms with Crippen LogP contribution in [0.25, 0.3) is 0 Å². The first-order valence-corrected chi connectivity index (χ1v) is 7.49. The second-order valence-corrected chi connectivity index (χ2v) is 5.43. The Hall–Kier alpha value is -4.21. The van der Waals surface area contributed by atoms with E-state index in [0.717, 1.165) is 23.8 Å². The van der Waals surface area contributed by atoms with Crippen molar-refractivity contribution >= 4 is 29.8 Å². The predicted octanol–water partition coefficient (Wildman–Crippen LogP) is 1.84. The van der Waals surface area contributed by atoms with Gasteiger partial charge >= 0.3 is 29.8 Å². The van der Waals surface area contributed by atoms with Gasteiger partial charge in [0.1, 0.15) is 6.61 Å². The van der Waals surface area contributed by atoms with Crippen molar-refractivity contribution in [2.45, 2.75) is 6.61 Å². The van der Waals surface area contributed by atoms with Crippen LogP contribution in [0.15, 0.2) is 36.4 Å². The molecule has 0 atom stereocenters. The Morgan fingerprint density at radius 2 is 1.25 bits per heavy atom. The smallest absolute Gasteiger partial charge is 0.338 e. The quantitative estimate of drug-likeness (QED) is 0.565. The van der Waals surface area contributed by atoms with Crippen molar-refractivity contribution in [2.24, 2.45) is 0 Å².